The van der Waals surface area contributed by atoms with Crippen LogP contribution in [0.5, 0.6) is 0 Å². The van der Waals surface area contributed by atoms with E-state index in [4.69, 9.17) is 5.73 Å². The fourth-order valence-electron chi connectivity index (χ4n) is 3.31. The Morgan fingerprint density at radius 1 is 1.34 bits per heavy atom. The van der Waals surface area contributed by atoms with Gasteiger partial charge in [0.15, 0.2) is 0 Å². The van der Waals surface area contributed by atoms with Crippen molar-refractivity contribution in [1.29, 1.82) is 0 Å². The van der Waals surface area contributed by atoms with Crippen molar-refractivity contribution in [2.24, 2.45) is 11.7 Å². The van der Waals surface area contributed by atoms with Gasteiger partial charge in [-0.3, -0.25) is 14.2 Å². The summed E-state index contributed by atoms with van der Waals surface area (Å²) in [6, 6.07) is 8.14. The summed E-state index contributed by atoms with van der Waals surface area (Å²) < 4.78 is 1.52. The zero-order valence-electron chi connectivity index (χ0n) is 16.3. The molecule has 0 bridgehead atoms. The Labute approximate surface area is 179 Å². The Morgan fingerprint density at radius 2 is 2.07 bits per heavy atom. The molecule has 3 N–H and O–H groups in total. The molecule has 1 fully saturated rings. The van der Waals surface area contributed by atoms with Gasteiger partial charge in [0, 0.05) is 36.5 Å². The number of thiophene rings is 1. The Hall–Kier alpha value is -2.22. The summed E-state index contributed by atoms with van der Waals surface area (Å²) in [4.78, 5) is 30.3. The standard InChI is InChI=1S/C21H24N4O2S.ClH/c1-13-2-4-14(5-3-13)16-11-28-20-19(16)21(27)25(12-24-20)9-8-18(26)23-10-17(22)15-6-7-15;/h2-5,11-12,15,17H,6-10,22H2,1H3,(H,23,26);1H. The highest BCUT2D eigenvalue weighted by atomic mass is 35.5. The first-order valence-corrected chi connectivity index (χ1v) is 10.5. The van der Waals surface area contributed by atoms with E-state index in [-0.39, 0.29) is 36.3 Å². The van der Waals surface area contributed by atoms with E-state index >= 15 is 0 Å². The molecule has 1 unspecified atom stereocenters. The number of nitrogens with one attached hydrogen (secondary N) is 1. The molecule has 1 aromatic carbocycles. The third-order valence-corrected chi connectivity index (χ3v) is 6.15. The van der Waals surface area contributed by atoms with Gasteiger partial charge in [-0.15, -0.1) is 23.7 Å². The SMILES string of the molecule is Cc1ccc(-c2csc3ncn(CCC(=O)NCC(N)C4CC4)c(=O)c23)cc1.Cl. The largest absolute Gasteiger partial charge is 0.354 e. The van der Waals surface area contributed by atoms with E-state index in [1.807, 2.05) is 36.6 Å². The first-order chi connectivity index (χ1) is 13.5. The van der Waals surface area contributed by atoms with Crippen LogP contribution in [-0.2, 0) is 11.3 Å². The number of benzene rings is 1. The van der Waals surface area contributed by atoms with E-state index < -0.39 is 0 Å². The molecular weight excluding hydrogens is 408 g/mol. The first-order valence-electron chi connectivity index (χ1n) is 9.59. The molecule has 1 saturated carbocycles. The lowest BCUT2D eigenvalue weighted by atomic mass is 10.1. The van der Waals surface area contributed by atoms with E-state index in [1.54, 1.807) is 0 Å². The average Bonchev–Trinajstić information content (AvgIpc) is 3.46. The Bertz CT molecular complexity index is 1060. The van der Waals surface area contributed by atoms with Crippen LogP contribution in [-0.4, -0.2) is 28.0 Å². The van der Waals surface area contributed by atoms with Crippen molar-refractivity contribution in [3.8, 4) is 11.1 Å². The van der Waals surface area contributed by atoms with Crippen molar-refractivity contribution in [3.05, 3.63) is 51.9 Å². The van der Waals surface area contributed by atoms with Crippen molar-refractivity contribution in [3.63, 3.8) is 0 Å². The van der Waals surface area contributed by atoms with Gasteiger partial charge in [0.1, 0.15) is 4.83 Å². The van der Waals surface area contributed by atoms with Crippen LogP contribution < -0.4 is 16.6 Å². The van der Waals surface area contributed by atoms with E-state index in [0.29, 0.717) is 24.4 Å². The van der Waals surface area contributed by atoms with Crippen LogP contribution in [0, 0.1) is 12.8 Å². The number of amides is 1. The van der Waals surface area contributed by atoms with Crippen molar-refractivity contribution in [2.75, 3.05) is 6.54 Å². The topological polar surface area (TPSA) is 90.0 Å². The lowest BCUT2D eigenvalue weighted by molar-refractivity contribution is -0.121. The van der Waals surface area contributed by atoms with Gasteiger partial charge >= 0.3 is 0 Å². The molecule has 154 valence electrons. The second kappa shape index (κ2) is 9.07. The van der Waals surface area contributed by atoms with Crippen molar-refractivity contribution >= 4 is 39.9 Å². The number of halogens is 1. The van der Waals surface area contributed by atoms with E-state index in [2.05, 4.69) is 10.3 Å². The van der Waals surface area contributed by atoms with Gasteiger partial charge in [0.05, 0.1) is 11.7 Å². The molecule has 1 atom stereocenters. The maximum absolute atomic E-state index is 13.0. The normalized spacial score (nSPS) is 14.4. The molecule has 29 heavy (non-hydrogen) atoms. The van der Waals surface area contributed by atoms with Gasteiger partial charge < -0.3 is 11.1 Å². The summed E-state index contributed by atoms with van der Waals surface area (Å²) in [7, 11) is 0. The number of nitrogens with zero attached hydrogens (tertiary/aromatic N) is 2. The molecule has 0 aliphatic heterocycles. The molecule has 2 heterocycles. The maximum Gasteiger partial charge on any atom is 0.262 e. The minimum atomic E-state index is -0.107. The minimum absolute atomic E-state index is 0. The number of carbonyl (C=O) groups excluding carboxylic acids is 1. The average molecular weight is 433 g/mol. The van der Waals surface area contributed by atoms with E-state index in [1.165, 1.54) is 27.8 Å². The molecule has 8 heteroatoms. The third-order valence-electron chi connectivity index (χ3n) is 5.27. The van der Waals surface area contributed by atoms with Gasteiger partial charge in [-0.2, -0.15) is 0 Å². The molecule has 6 nitrogen and oxygen atoms in total. The van der Waals surface area contributed by atoms with Crippen molar-refractivity contribution in [1.82, 2.24) is 14.9 Å². The van der Waals surface area contributed by atoms with Crippen LogP contribution in [0.3, 0.4) is 0 Å². The third kappa shape index (κ3) is 4.86. The summed E-state index contributed by atoms with van der Waals surface area (Å²) in [5.74, 6) is 0.459. The molecule has 0 saturated heterocycles. The predicted molar refractivity (Wildman–Crippen MR) is 120 cm³/mol. The van der Waals surface area contributed by atoms with Gasteiger partial charge in [0.25, 0.3) is 5.56 Å². The van der Waals surface area contributed by atoms with Crippen LogP contribution in [0.25, 0.3) is 21.3 Å². The van der Waals surface area contributed by atoms with Gasteiger partial charge in [-0.1, -0.05) is 29.8 Å². The molecule has 1 amide bonds. The highest BCUT2D eigenvalue weighted by Crippen LogP contribution is 2.31. The summed E-state index contributed by atoms with van der Waals surface area (Å²) in [5.41, 5.74) is 8.97. The number of aromatic nitrogens is 2. The minimum Gasteiger partial charge on any atom is -0.354 e. The summed E-state index contributed by atoms with van der Waals surface area (Å²) in [6.45, 7) is 2.83. The van der Waals surface area contributed by atoms with Crippen LogP contribution >= 0.6 is 23.7 Å². The molecule has 1 aliphatic carbocycles. The lowest BCUT2D eigenvalue weighted by Gasteiger charge is -2.12. The van der Waals surface area contributed by atoms with Crippen molar-refractivity contribution in [2.45, 2.75) is 38.8 Å². The van der Waals surface area contributed by atoms with Crippen LogP contribution in [0.2, 0.25) is 0 Å². The summed E-state index contributed by atoms with van der Waals surface area (Å²) >= 11 is 1.46. The number of fused-ring (bicyclic) bond motifs is 1. The Morgan fingerprint density at radius 3 is 2.76 bits per heavy atom. The summed E-state index contributed by atoms with van der Waals surface area (Å²) in [6.07, 6.45) is 4.07. The lowest BCUT2D eigenvalue weighted by Crippen LogP contribution is -2.39. The van der Waals surface area contributed by atoms with Gasteiger partial charge in [-0.05, 0) is 31.2 Å². The number of carbonyl (C=O) groups is 1. The fraction of sp³-hybridized carbons (Fsp3) is 0.381. The van der Waals surface area contributed by atoms with E-state index in [0.717, 1.165) is 28.8 Å². The summed E-state index contributed by atoms with van der Waals surface area (Å²) in [5, 5.41) is 5.46. The quantitative estimate of drug-likeness (QED) is 0.600. The molecule has 4 rings (SSSR count). The molecule has 2 aromatic heterocycles. The molecule has 0 radical (unpaired) electrons. The molecule has 1 aliphatic rings. The number of hydrogen-bond acceptors (Lipinski definition) is 5. The smallest absolute Gasteiger partial charge is 0.262 e. The fourth-order valence-corrected chi connectivity index (χ4v) is 4.21. The van der Waals surface area contributed by atoms with Crippen LogP contribution in [0.4, 0.5) is 0 Å². The molecular formula is C21H25ClN4O2S. The highest BCUT2D eigenvalue weighted by Gasteiger charge is 2.28. The highest BCUT2D eigenvalue weighted by molar-refractivity contribution is 7.17. The maximum atomic E-state index is 13.0. The van der Waals surface area contributed by atoms with Crippen LogP contribution in [0.15, 0.2) is 40.8 Å². The molecule has 3 aromatic rings. The number of nitrogens with two attached hydrogens (primary N) is 1. The number of hydrogen-bond donors (Lipinski definition) is 2. The Balaban J connectivity index is 0.00000240. The first kappa shape index (κ1) is 21.5. The van der Waals surface area contributed by atoms with Crippen molar-refractivity contribution < 1.29 is 4.79 Å². The molecule has 0 spiro atoms. The second-order valence-electron chi connectivity index (χ2n) is 7.49. The van der Waals surface area contributed by atoms with E-state index in [9.17, 15) is 9.59 Å². The van der Waals surface area contributed by atoms with Crippen LogP contribution in [0.1, 0.15) is 24.8 Å². The monoisotopic (exact) mass is 432 g/mol. The zero-order chi connectivity index (χ0) is 19.7. The van der Waals surface area contributed by atoms with Gasteiger partial charge in [-0.25, -0.2) is 4.98 Å². The second-order valence-corrected chi connectivity index (χ2v) is 8.35. The Kier molecular flexibility index (Phi) is 6.72. The number of rotatable bonds is 7. The zero-order valence-corrected chi connectivity index (χ0v) is 17.9. The predicted octanol–water partition coefficient (Wildman–Crippen LogP) is 3.10. The van der Waals surface area contributed by atoms with Gasteiger partial charge in [0.2, 0.25) is 5.91 Å². The number of aryl methyl sites for hydroxylation is 2.